The second kappa shape index (κ2) is 8.98. The molecule has 8 nitrogen and oxygen atoms in total. The summed E-state index contributed by atoms with van der Waals surface area (Å²) in [4.78, 5) is 42.2. The summed E-state index contributed by atoms with van der Waals surface area (Å²) in [6, 6.07) is 5.56. The molecule has 1 saturated carbocycles. The summed E-state index contributed by atoms with van der Waals surface area (Å²) < 4.78 is 21.8. The van der Waals surface area contributed by atoms with Gasteiger partial charge in [0.25, 0.3) is 11.8 Å². The van der Waals surface area contributed by atoms with Crippen LogP contribution < -0.4 is 0 Å². The summed E-state index contributed by atoms with van der Waals surface area (Å²) >= 11 is 0. The number of benzene rings is 1. The van der Waals surface area contributed by atoms with Crippen LogP contribution in [0, 0.1) is 11.2 Å². The number of carbonyl (C=O) groups excluding carboxylic acids is 3. The highest BCUT2D eigenvalue weighted by atomic mass is 19.1. The van der Waals surface area contributed by atoms with Crippen LogP contribution in [-0.2, 0) is 20.7 Å². The van der Waals surface area contributed by atoms with Gasteiger partial charge in [0, 0.05) is 24.9 Å². The number of ether oxygens (including phenoxy) is 1. The van der Waals surface area contributed by atoms with Crippen LogP contribution in [0.15, 0.2) is 73.0 Å². The maximum Gasteiger partial charge on any atom is 0.334 e. The summed E-state index contributed by atoms with van der Waals surface area (Å²) in [7, 11) is 0. The van der Waals surface area contributed by atoms with Crippen LogP contribution in [0.2, 0.25) is 0 Å². The molecule has 1 aromatic carbocycles. The Kier molecular flexibility index (Phi) is 5.80. The van der Waals surface area contributed by atoms with E-state index in [2.05, 4.69) is 31.3 Å². The van der Waals surface area contributed by atoms with E-state index in [4.69, 9.17) is 4.74 Å². The van der Waals surface area contributed by atoms with Crippen LogP contribution in [0.4, 0.5) is 9.18 Å². The summed E-state index contributed by atoms with van der Waals surface area (Å²) in [6.07, 6.45) is 10.4. The normalized spacial score (nSPS) is 25.5. The second-order valence-electron chi connectivity index (χ2n) is 10.6. The van der Waals surface area contributed by atoms with Gasteiger partial charge >= 0.3 is 6.03 Å². The maximum atomic E-state index is 13.6. The molecular weight excluding hydrogens is 499 g/mol. The van der Waals surface area contributed by atoms with Gasteiger partial charge in [0.15, 0.2) is 0 Å². The maximum absolute atomic E-state index is 13.6. The number of rotatable bonds is 5. The molecule has 0 unspecified atom stereocenters. The molecule has 4 aliphatic rings. The third-order valence-corrected chi connectivity index (χ3v) is 8.40. The summed E-state index contributed by atoms with van der Waals surface area (Å²) in [5.41, 5.74) is 2.90. The number of nitrogens with zero attached hydrogens (tertiary/aromatic N) is 4. The molecule has 3 heterocycles. The molecule has 2 aliphatic heterocycles. The van der Waals surface area contributed by atoms with Crippen LogP contribution in [0.1, 0.15) is 37.4 Å². The lowest BCUT2D eigenvalue weighted by molar-refractivity contribution is -0.185. The molecule has 4 amide bonds. The number of urea groups is 1. The molecule has 39 heavy (non-hydrogen) atoms. The van der Waals surface area contributed by atoms with Crippen molar-refractivity contribution in [3.05, 3.63) is 90.1 Å². The molecular formula is C30H29FN4O4. The number of barbiturate groups is 1. The SMILES string of the molecule is C=CCN1C(=O)N(CC=C)C(=O)C2(CC=C3[C@H](CCC4=Cc5c(cnn5-c5ccc(F)cc5)C[C@@]43C)O2)C1=O. The fourth-order valence-corrected chi connectivity index (χ4v) is 6.45. The molecule has 0 bridgehead atoms. The molecule has 1 spiro atoms. The Labute approximate surface area is 225 Å². The van der Waals surface area contributed by atoms with Gasteiger partial charge in [0.2, 0.25) is 5.60 Å². The zero-order valence-corrected chi connectivity index (χ0v) is 21.7. The molecule has 2 aromatic rings. The number of halogens is 1. The molecule has 200 valence electrons. The third-order valence-electron chi connectivity index (χ3n) is 8.40. The van der Waals surface area contributed by atoms with E-state index in [1.54, 1.807) is 12.1 Å². The van der Waals surface area contributed by atoms with Crippen molar-refractivity contribution in [3.63, 3.8) is 0 Å². The van der Waals surface area contributed by atoms with Gasteiger partial charge in [0.1, 0.15) is 5.82 Å². The number of fused-ring (bicyclic) bond motifs is 4. The zero-order chi connectivity index (χ0) is 27.5. The Morgan fingerprint density at radius 1 is 1.10 bits per heavy atom. The minimum Gasteiger partial charge on any atom is -0.348 e. The average molecular weight is 529 g/mol. The first-order valence-corrected chi connectivity index (χ1v) is 13.1. The van der Waals surface area contributed by atoms with Gasteiger partial charge in [-0.1, -0.05) is 30.7 Å². The first-order valence-electron chi connectivity index (χ1n) is 13.1. The summed E-state index contributed by atoms with van der Waals surface area (Å²) in [5.74, 6) is -1.59. The highest BCUT2D eigenvalue weighted by Gasteiger charge is 2.61. The quantitative estimate of drug-likeness (QED) is 0.425. The van der Waals surface area contributed by atoms with E-state index >= 15 is 0 Å². The fraction of sp³-hybridized carbons (Fsp3) is 0.333. The minimum absolute atomic E-state index is 0.0175. The number of allylic oxidation sites excluding steroid dienone is 1. The van der Waals surface area contributed by atoms with Gasteiger partial charge in [-0.2, -0.15) is 5.10 Å². The first kappa shape index (κ1) is 25.2. The Hall–Kier alpha value is -4.11. The van der Waals surface area contributed by atoms with Gasteiger partial charge in [-0.15, -0.1) is 13.2 Å². The molecule has 2 fully saturated rings. The number of carbonyl (C=O) groups is 3. The third kappa shape index (κ3) is 3.60. The van der Waals surface area contributed by atoms with Gasteiger partial charge in [-0.25, -0.2) is 13.9 Å². The number of hydrogen-bond acceptors (Lipinski definition) is 5. The highest BCUT2D eigenvalue weighted by Crippen LogP contribution is 2.54. The average Bonchev–Trinajstić information content (AvgIpc) is 3.33. The lowest BCUT2D eigenvalue weighted by atomic mass is 9.60. The van der Waals surface area contributed by atoms with Crippen molar-refractivity contribution >= 4 is 23.9 Å². The number of aromatic nitrogens is 2. The summed E-state index contributed by atoms with van der Waals surface area (Å²) in [6.45, 7) is 9.45. The van der Waals surface area contributed by atoms with E-state index in [9.17, 15) is 18.8 Å². The lowest BCUT2D eigenvalue weighted by Gasteiger charge is -2.52. The van der Waals surface area contributed by atoms with E-state index in [1.807, 2.05) is 17.0 Å². The molecule has 9 heteroatoms. The van der Waals surface area contributed by atoms with Crippen molar-refractivity contribution in [2.45, 2.75) is 44.3 Å². The Bertz CT molecular complexity index is 1450. The Morgan fingerprint density at radius 2 is 1.77 bits per heavy atom. The smallest absolute Gasteiger partial charge is 0.334 e. The highest BCUT2D eigenvalue weighted by molar-refractivity contribution is 6.21. The van der Waals surface area contributed by atoms with Crippen LogP contribution >= 0.6 is 0 Å². The second-order valence-corrected chi connectivity index (χ2v) is 10.6. The van der Waals surface area contributed by atoms with Crippen molar-refractivity contribution in [1.29, 1.82) is 0 Å². The Morgan fingerprint density at radius 3 is 2.41 bits per heavy atom. The van der Waals surface area contributed by atoms with E-state index in [0.29, 0.717) is 19.3 Å². The van der Waals surface area contributed by atoms with E-state index < -0.39 is 29.6 Å². The van der Waals surface area contributed by atoms with Gasteiger partial charge < -0.3 is 4.74 Å². The van der Waals surface area contributed by atoms with Crippen molar-refractivity contribution in [3.8, 4) is 5.69 Å². The standard InChI is InChI=1S/C30H29FN4O4/c1-4-14-33-26(36)30(27(37)34(15-5-2)28(33)38)13-12-23-25(39-30)11-6-20-16-24-19(17-29(20,23)3)18-32-35(24)22-9-7-21(31)8-10-22/h4-5,7-10,12,16,18,25H,1-2,6,11,13-15,17H2,3H3/t25-,29-/m0/s1. The van der Waals surface area contributed by atoms with Crippen LogP contribution in [0.3, 0.4) is 0 Å². The van der Waals surface area contributed by atoms with Crippen molar-refractivity contribution < 1.29 is 23.5 Å². The summed E-state index contributed by atoms with van der Waals surface area (Å²) in [5, 5.41) is 4.59. The largest absolute Gasteiger partial charge is 0.348 e. The predicted molar refractivity (Wildman–Crippen MR) is 142 cm³/mol. The van der Waals surface area contributed by atoms with Gasteiger partial charge in [-0.3, -0.25) is 19.4 Å². The molecule has 2 atom stereocenters. The fourth-order valence-electron chi connectivity index (χ4n) is 6.45. The van der Waals surface area contributed by atoms with Gasteiger partial charge in [0.05, 0.1) is 23.7 Å². The van der Waals surface area contributed by atoms with E-state index in [1.165, 1.54) is 29.9 Å². The zero-order valence-electron chi connectivity index (χ0n) is 21.7. The lowest BCUT2D eigenvalue weighted by Crippen LogP contribution is -2.71. The number of amides is 4. The van der Waals surface area contributed by atoms with Gasteiger partial charge in [-0.05, 0) is 60.7 Å². The number of imide groups is 2. The molecule has 6 rings (SSSR count). The first-order chi connectivity index (χ1) is 18.7. The van der Waals surface area contributed by atoms with Crippen molar-refractivity contribution in [2.75, 3.05) is 13.1 Å². The number of hydrogen-bond donors (Lipinski definition) is 0. The van der Waals surface area contributed by atoms with Crippen LogP contribution in [0.5, 0.6) is 0 Å². The van der Waals surface area contributed by atoms with Crippen LogP contribution in [-0.4, -0.2) is 62.2 Å². The predicted octanol–water partition coefficient (Wildman–Crippen LogP) is 4.37. The van der Waals surface area contributed by atoms with Crippen molar-refractivity contribution in [2.24, 2.45) is 5.41 Å². The van der Waals surface area contributed by atoms with E-state index in [-0.39, 0.29) is 30.7 Å². The molecule has 2 aliphatic carbocycles. The molecule has 1 aromatic heterocycles. The molecule has 1 saturated heterocycles. The van der Waals surface area contributed by atoms with E-state index in [0.717, 1.165) is 32.3 Å². The topological polar surface area (TPSA) is 84.7 Å². The van der Waals surface area contributed by atoms with Crippen molar-refractivity contribution in [1.82, 2.24) is 19.6 Å². The van der Waals surface area contributed by atoms with Crippen LogP contribution in [0.25, 0.3) is 11.8 Å². The Balaban J connectivity index is 1.36. The minimum atomic E-state index is -1.79. The molecule has 0 N–H and O–H groups in total. The monoisotopic (exact) mass is 528 g/mol. The molecule has 0 radical (unpaired) electrons.